The van der Waals surface area contributed by atoms with Crippen molar-refractivity contribution in [1.82, 2.24) is 10.2 Å². The van der Waals surface area contributed by atoms with Crippen molar-refractivity contribution in [3.05, 3.63) is 24.3 Å². The second-order valence-corrected chi connectivity index (χ2v) is 5.26. The number of nitrogens with one attached hydrogen (secondary N) is 1. The molecule has 0 spiro atoms. The summed E-state index contributed by atoms with van der Waals surface area (Å²) in [6, 6.07) is 7.62. The van der Waals surface area contributed by atoms with Gasteiger partial charge in [0.2, 0.25) is 0 Å². The highest BCUT2D eigenvalue weighted by Crippen LogP contribution is 2.19. The van der Waals surface area contributed by atoms with Crippen LogP contribution in [0.2, 0.25) is 0 Å². The molecule has 0 aliphatic carbocycles. The zero-order valence-electron chi connectivity index (χ0n) is 12.0. The van der Waals surface area contributed by atoms with E-state index in [-0.39, 0.29) is 12.5 Å². The first-order valence-electron chi connectivity index (χ1n) is 7.11. The van der Waals surface area contributed by atoms with Gasteiger partial charge in [-0.2, -0.15) is 0 Å². The zero-order valence-corrected chi connectivity index (χ0v) is 12.0. The van der Waals surface area contributed by atoms with Gasteiger partial charge in [0.15, 0.2) is 6.61 Å². The molecule has 0 bridgehead atoms. The quantitative estimate of drug-likeness (QED) is 0.795. The highest BCUT2D eigenvalue weighted by atomic mass is 16.5. The number of piperidine rings is 1. The lowest BCUT2D eigenvalue weighted by atomic mass is 10.0. The maximum atomic E-state index is 11.8. The minimum Gasteiger partial charge on any atom is -0.482 e. The van der Waals surface area contributed by atoms with E-state index in [1.165, 1.54) is 12.8 Å². The predicted molar refractivity (Wildman–Crippen MR) is 79.6 cm³/mol. The van der Waals surface area contributed by atoms with Gasteiger partial charge in [-0.25, -0.2) is 0 Å². The number of hydrogen-bond donors (Lipinski definition) is 2. The van der Waals surface area contributed by atoms with Gasteiger partial charge < -0.3 is 20.7 Å². The van der Waals surface area contributed by atoms with Crippen LogP contribution in [0.1, 0.15) is 19.3 Å². The average molecular weight is 277 g/mol. The lowest BCUT2D eigenvalue weighted by Gasteiger charge is -2.32. The highest BCUT2D eigenvalue weighted by Gasteiger charge is 2.19. The summed E-state index contributed by atoms with van der Waals surface area (Å²) < 4.78 is 5.41. The third-order valence-corrected chi connectivity index (χ3v) is 3.73. The Hall–Kier alpha value is -1.75. The molecule has 1 fully saturated rings. The molecule has 110 valence electrons. The molecule has 1 atom stereocenters. The number of nitrogens with two attached hydrogens (primary N) is 1. The normalized spacial score (nSPS) is 19.6. The van der Waals surface area contributed by atoms with Gasteiger partial charge in [0, 0.05) is 12.6 Å². The molecule has 5 heteroatoms. The Balaban J connectivity index is 1.71. The monoisotopic (exact) mass is 277 g/mol. The maximum Gasteiger partial charge on any atom is 0.257 e. The number of amides is 1. The van der Waals surface area contributed by atoms with Crippen LogP contribution in [0.15, 0.2) is 24.3 Å². The Labute approximate surface area is 120 Å². The van der Waals surface area contributed by atoms with Crippen molar-refractivity contribution in [3.8, 4) is 5.75 Å². The number of anilines is 1. The van der Waals surface area contributed by atoms with Gasteiger partial charge in [-0.05, 0) is 38.6 Å². The molecule has 1 unspecified atom stereocenters. The van der Waals surface area contributed by atoms with E-state index < -0.39 is 0 Å². The predicted octanol–water partition coefficient (Wildman–Crippen LogP) is 1.25. The van der Waals surface area contributed by atoms with E-state index in [9.17, 15) is 4.79 Å². The standard InChI is InChI=1S/C15H23N3O2/c1-18-9-5-4-6-12(18)10-17-15(19)11-20-14-8-3-2-7-13(14)16/h2-3,7-8,12H,4-6,9-11,16H2,1H3,(H,17,19). The Morgan fingerprint density at radius 1 is 1.45 bits per heavy atom. The fourth-order valence-electron chi connectivity index (χ4n) is 2.44. The number of nitrogen functional groups attached to an aromatic ring is 1. The van der Waals surface area contributed by atoms with E-state index in [1.54, 1.807) is 12.1 Å². The fourth-order valence-corrected chi connectivity index (χ4v) is 2.44. The van der Waals surface area contributed by atoms with Crippen molar-refractivity contribution in [2.75, 3.05) is 32.5 Å². The summed E-state index contributed by atoms with van der Waals surface area (Å²) in [5, 5.41) is 2.93. The van der Waals surface area contributed by atoms with Crippen LogP contribution in [-0.2, 0) is 4.79 Å². The second-order valence-electron chi connectivity index (χ2n) is 5.26. The van der Waals surface area contributed by atoms with E-state index in [1.807, 2.05) is 12.1 Å². The lowest BCUT2D eigenvalue weighted by molar-refractivity contribution is -0.123. The van der Waals surface area contributed by atoms with Gasteiger partial charge in [-0.15, -0.1) is 0 Å². The Bertz CT molecular complexity index is 450. The first-order chi connectivity index (χ1) is 9.66. The summed E-state index contributed by atoms with van der Waals surface area (Å²) in [6.45, 7) is 1.80. The summed E-state index contributed by atoms with van der Waals surface area (Å²) in [7, 11) is 2.11. The van der Waals surface area contributed by atoms with Gasteiger partial charge >= 0.3 is 0 Å². The maximum absolute atomic E-state index is 11.8. The van der Waals surface area contributed by atoms with Crippen LogP contribution >= 0.6 is 0 Å². The molecule has 20 heavy (non-hydrogen) atoms. The first-order valence-corrected chi connectivity index (χ1v) is 7.11. The number of hydrogen-bond acceptors (Lipinski definition) is 4. The fraction of sp³-hybridized carbons (Fsp3) is 0.533. The van der Waals surface area contributed by atoms with Crippen LogP contribution < -0.4 is 15.8 Å². The Kier molecular flexibility index (Phi) is 5.24. The van der Waals surface area contributed by atoms with Crippen LogP contribution in [0.4, 0.5) is 5.69 Å². The molecule has 1 aromatic carbocycles. The third-order valence-electron chi connectivity index (χ3n) is 3.73. The van der Waals surface area contributed by atoms with Crippen molar-refractivity contribution in [3.63, 3.8) is 0 Å². The number of rotatable bonds is 5. The van der Waals surface area contributed by atoms with E-state index >= 15 is 0 Å². The lowest BCUT2D eigenvalue weighted by Crippen LogP contribution is -2.45. The number of para-hydroxylation sites is 2. The summed E-state index contributed by atoms with van der Waals surface area (Å²) in [5.74, 6) is 0.449. The summed E-state index contributed by atoms with van der Waals surface area (Å²) in [6.07, 6.45) is 3.63. The van der Waals surface area contributed by atoms with Gasteiger partial charge in [0.1, 0.15) is 5.75 Å². The Morgan fingerprint density at radius 3 is 3.00 bits per heavy atom. The zero-order chi connectivity index (χ0) is 14.4. The van der Waals surface area contributed by atoms with E-state index in [0.29, 0.717) is 24.0 Å². The Morgan fingerprint density at radius 2 is 2.25 bits per heavy atom. The number of carbonyl (C=O) groups is 1. The molecule has 5 nitrogen and oxygen atoms in total. The van der Waals surface area contributed by atoms with Crippen molar-refractivity contribution < 1.29 is 9.53 Å². The molecule has 1 aliphatic heterocycles. The number of ether oxygens (including phenoxy) is 1. The van der Waals surface area contributed by atoms with Gasteiger partial charge in [0.05, 0.1) is 5.69 Å². The molecular formula is C15H23N3O2. The molecule has 0 aromatic heterocycles. The number of nitrogens with zero attached hydrogens (tertiary/aromatic N) is 1. The van der Waals surface area contributed by atoms with Crippen molar-refractivity contribution in [2.45, 2.75) is 25.3 Å². The molecule has 3 N–H and O–H groups in total. The van der Waals surface area contributed by atoms with Gasteiger partial charge in [-0.1, -0.05) is 18.6 Å². The van der Waals surface area contributed by atoms with Crippen LogP contribution in [0.3, 0.4) is 0 Å². The average Bonchev–Trinajstić information content (AvgIpc) is 2.45. The number of likely N-dealkylation sites (tertiary alicyclic amines) is 1. The number of benzene rings is 1. The smallest absolute Gasteiger partial charge is 0.257 e. The summed E-state index contributed by atoms with van der Waals surface area (Å²) >= 11 is 0. The van der Waals surface area contributed by atoms with Gasteiger partial charge in [-0.3, -0.25) is 4.79 Å². The van der Waals surface area contributed by atoms with E-state index in [0.717, 1.165) is 13.0 Å². The highest BCUT2D eigenvalue weighted by molar-refractivity contribution is 5.77. The molecule has 2 rings (SSSR count). The van der Waals surface area contributed by atoms with E-state index in [4.69, 9.17) is 10.5 Å². The minimum atomic E-state index is -0.104. The molecule has 1 heterocycles. The number of likely N-dealkylation sites (N-methyl/N-ethyl adjacent to an activating group) is 1. The topological polar surface area (TPSA) is 67.6 Å². The summed E-state index contributed by atoms with van der Waals surface area (Å²) in [5.41, 5.74) is 6.30. The van der Waals surface area contributed by atoms with Crippen LogP contribution in [0.25, 0.3) is 0 Å². The molecule has 1 aromatic rings. The van der Waals surface area contributed by atoms with Gasteiger partial charge in [0.25, 0.3) is 5.91 Å². The molecule has 1 aliphatic rings. The van der Waals surface area contributed by atoms with Crippen LogP contribution in [0.5, 0.6) is 5.75 Å². The van der Waals surface area contributed by atoms with Crippen LogP contribution in [0, 0.1) is 0 Å². The molecule has 0 saturated carbocycles. The second kappa shape index (κ2) is 7.14. The number of carbonyl (C=O) groups excluding carboxylic acids is 1. The van der Waals surface area contributed by atoms with Crippen molar-refractivity contribution >= 4 is 11.6 Å². The van der Waals surface area contributed by atoms with Crippen LogP contribution in [-0.4, -0.2) is 43.6 Å². The third kappa shape index (κ3) is 4.13. The van der Waals surface area contributed by atoms with E-state index in [2.05, 4.69) is 17.3 Å². The SMILES string of the molecule is CN1CCCCC1CNC(=O)COc1ccccc1N. The van der Waals surface area contributed by atoms with Crippen molar-refractivity contribution in [1.29, 1.82) is 0 Å². The molecular weight excluding hydrogens is 254 g/mol. The molecule has 0 radical (unpaired) electrons. The molecule has 1 saturated heterocycles. The summed E-state index contributed by atoms with van der Waals surface area (Å²) in [4.78, 5) is 14.1. The largest absolute Gasteiger partial charge is 0.482 e. The molecule has 1 amide bonds. The van der Waals surface area contributed by atoms with Crippen molar-refractivity contribution in [2.24, 2.45) is 0 Å². The minimum absolute atomic E-state index is 0.00461. The first kappa shape index (κ1) is 14.7.